The molecule has 2 aromatic carbocycles. The van der Waals surface area contributed by atoms with Gasteiger partial charge >= 0.3 is 0 Å². The number of nitrogens with zero attached hydrogens (tertiary/aromatic N) is 2. The number of carbonyl (C=O) groups is 1. The molecule has 1 fully saturated rings. The SMILES string of the molecule is COc1cc(-c2ccc3ncc(C(=O)C(C)(C)C)c(C=C4CCC(CN(C)C)CC4)c3c2)cc(Cl)c1O. The Bertz CT molecular complexity index is 1340. The van der Waals surface area contributed by atoms with E-state index in [1.165, 1.54) is 12.7 Å². The summed E-state index contributed by atoms with van der Waals surface area (Å²) in [7, 11) is 5.77. The fraction of sp³-hybridized carbons (Fsp3) is 0.419. The number of ether oxygens (including phenoxy) is 1. The molecule has 1 aliphatic carbocycles. The number of methoxy groups -OCH3 is 1. The van der Waals surface area contributed by atoms with Gasteiger partial charge in [-0.1, -0.05) is 50.1 Å². The van der Waals surface area contributed by atoms with Crippen molar-refractivity contribution in [2.75, 3.05) is 27.7 Å². The lowest BCUT2D eigenvalue weighted by Crippen LogP contribution is -2.24. The van der Waals surface area contributed by atoms with Crippen LogP contribution in [-0.2, 0) is 0 Å². The fourth-order valence-corrected chi connectivity index (χ4v) is 5.34. The van der Waals surface area contributed by atoms with Gasteiger partial charge < -0.3 is 14.7 Å². The number of aromatic nitrogens is 1. The molecular weight excluding hydrogens is 484 g/mol. The monoisotopic (exact) mass is 520 g/mol. The molecule has 0 unspecified atom stereocenters. The summed E-state index contributed by atoms with van der Waals surface area (Å²) in [5.41, 5.74) is 5.00. The van der Waals surface area contributed by atoms with Gasteiger partial charge in [0.1, 0.15) is 0 Å². The molecule has 196 valence electrons. The van der Waals surface area contributed by atoms with E-state index in [2.05, 4.69) is 36.1 Å². The first kappa shape index (κ1) is 27.2. The zero-order valence-electron chi connectivity index (χ0n) is 22.7. The van der Waals surface area contributed by atoms with Gasteiger partial charge in [-0.05, 0) is 86.7 Å². The lowest BCUT2D eigenvalue weighted by atomic mass is 9.81. The first-order valence-corrected chi connectivity index (χ1v) is 13.2. The molecule has 1 aromatic heterocycles. The second-order valence-electron chi connectivity index (χ2n) is 11.4. The average Bonchev–Trinajstić information content (AvgIpc) is 2.85. The third kappa shape index (κ3) is 6.00. The van der Waals surface area contributed by atoms with Gasteiger partial charge in [0.15, 0.2) is 17.3 Å². The number of aromatic hydroxyl groups is 1. The molecule has 0 aliphatic heterocycles. The van der Waals surface area contributed by atoms with Gasteiger partial charge in [-0.3, -0.25) is 9.78 Å². The summed E-state index contributed by atoms with van der Waals surface area (Å²) in [4.78, 5) is 20.5. The number of ketones is 1. The number of phenolic OH excluding ortho intramolecular Hbond substituents is 1. The van der Waals surface area contributed by atoms with Crippen molar-refractivity contribution in [3.05, 3.63) is 58.3 Å². The Morgan fingerprint density at radius 2 is 1.86 bits per heavy atom. The minimum Gasteiger partial charge on any atom is -0.503 e. The van der Waals surface area contributed by atoms with Crippen LogP contribution in [0.5, 0.6) is 11.5 Å². The number of fused-ring (bicyclic) bond motifs is 1. The summed E-state index contributed by atoms with van der Waals surface area (Å²) >= 11 is 6.29. The van der Waals surface area contributed by atoms with Crippen LogP contribution in [0, 0.1) is 11.3 Å². The van der Waals surface area contributed by atoms with Crippen LogP contribution in [0.15, 0.2) is 42.1 Å². The van der Waals surface area contributed by atoms with Crippen molar-refractivity contribution in [1.82, 2.24) is 9.88 Å². The third-order valence-corrected chi connectivity index (χ3v) is 7.42. The second kappa shape index (κ2) is 10.8. The van der Waals surface area contributed by atoms with Crippen LogP contribution in [0.1, 0.15) is 62.4 Å². The Hall–Kier alpha value is -2.89. The van der Waals surface area contributed by atoms with Crippen LogP contribution >= 0.6 is 11.6 Å². The summed E-state index contributed by atoms with van der Waals surface area (Å²) < 4.78 is 5.32. The van der Waals surface area contributed by atoms with Crippen LogP contribution in [0.4, 0.5) is 0 Å². The number of benzene rings is 2. The lowest BCUT2D eigenvalue weighted by Gasteiger charge is -2.27. The Balaban J connectivity index is 1.85. The van der Waals surface area contributed by atoms with Crippen LogP contribution in [0.25, 0.3) is 28.1 Å². The molecule has 0 bridgehead atoms. The Morgan fingerprint density at radius 3 is 2.49 bits per heavy atom. The topological polar surface area (TPSA) is 62.7 Å². The number of rotatable bonds is 6. The Labute approximate surface area is 225 Å². The maximum atomic E-state index is 13.5. The minimum absolute atomic E-state index is 0.0785. The van der Waals surface area contributed by atoms with Crippen LogP contribution in [-0.4, -0.2) is 48.5 Å². The number of Topliss-reactive ketones (excluding diaryl/α,β-unsaturated/α-hetero) is 1. The predicted octanol–water partition coefficient (Wildman–Crippen LogP) is 7.63. The highest BCUT2D eigenvalue weighted by atomic mass is 35.5. The van der Waals surface area contributed by atoms with E-state index in [-0.39, 0.29) is 16.6 Å². The highest BCUT2D eigenvalue weighted by Crippen LogP contribution is 2.40. The summed E-state index contributed by atoms with van der Waals surface area (Å²) in [5.74, 6) is 1.02. The summed E-state index contributed by atoms with van der Waals surface area (Å²) in [6.45, 7) is 6.96. The van der Waals surface area contributed by atoms with E-state index in [4.69, 9.17) is 16.3 Å². The van der Waals surface area contributed by atoms with E-state index in [9.17, 15) is 9.90 Å². The number of phenols is 1. The van der Waals surface area contributed by atoms with E-state index >= 15 is 0 Å². The van der Waals surface area contributed by atoms with Crippen molar-refractivity contribution in [2.24, 2.45) is 11.3 Å². The second-order valence-corrected chi connectivity index (χ2v) is 11.8. The number of pyridine rings is 1. The number of allylic oxidation sites excluding steroid dienone is 1. The van der Waals surface area contributed by atoms with Crippen molar-refractivity contribution < 1.29 is 14.6 Å². The third-order valence-electron chi connectivity index (χ3n) is 7.14. The molecule has 5 nitrogen and oxygen atoms in total. The van der Waals surface area contributed by atoms with Crippen LogP contribution in [0.3, 0.4) is 0 Å². The smallest absolute Gasteiger partial charge is 0.176 e. The van der Waals surface area contributed by atoms with Crippen molar-refractivity contribution in [1.29, 1.82) is 0 Å². The summed E-state index contributed by atoms with van der Waals surface area (Å²) in [6.07, 6.45) is 8.37. The summed E-state index contributed by atoms with van der Waals surface area (Å²) in [5, 5.41) is 11.3. The standard InChI is InChI=1S/C31H37ClN2O3/c1-31(2,3)30(36)25-17-33-27-12-11-21(22-15-26(32)29(35)28(16-22)37-6)14-24(27)23(25)13-19-7-9-20(10-8-19)18-34(4)5/h11-17,20,35H,7-10,18H2,1-6H3. The molecule has 1 N–H and O–H groups in total. The maximum absolute atomic E-state index is 13.5. The van der Waals surface area contributed by atoms with Crippen molar-refractivity contribution >= 4 is 34.4 Å². The van der Waals surface area contributed by atoms with Crippen LogP contribution < -0.4 is 4.74 Å². The zero-order valence-corrected chi connectivity index (χ0v) is 23.4. The molecule has 0 amide bonds. The highest BCUT2D eigenvalue weighted by Gasteiger charge is 2.27. The quantitative estimate of drug-likeness (QED) is 0.338. The van der Waals surface area contributed by atoms with E-state index in [1.807, 2.05) is 32.9 Å². The molecule has 37 heavy (non-hydrogen) atoms. The first-order valence-electron chi connectivity index (χ1n) is 12.9. The number of carbonyl (C=O) groups excluding carboxylic acids is 1. The fourth-order valence-electron chi connectivity index (χ4n) is 5.12. The molecule has 1 aliphatic rings. The van der Waals surface area contributed by atoms with Gasteiger partial charge in [0.05, 0.1) is 17.6 Å². The summed E-state index contributed by atoms with van der Waals surface area (Å²) in [6, 6.07) is 9.51. The van der Waals surface area contributed by atoms with Crippen molar-refractivity contribution in [3.63, 3.8) is 0 Å². The normalized spacial score (nSPS) is 16.3. The molecule has 0 spiro atoms. The molecule has 3 aromatic rings. The van der Waals surface area contributed by atoms with Gasteiger partial charge in [-0.25, -0.2) is 0 Å². The largest absolute Gasteiger partial charge is 0.503 e. The molecule has 6 heteroatoms. The number of hydrogen-bond acceptors (Lipinski definition) is 5. The van der Waals surface area contributed by atoms with Gasteiger partial charge in [0.2, 0.25) is 0 Å². The molecule has 0 radical (unpaired) electrons. The first-order chi connectivity index (χ1) is 17.5. The highest BCUT2D eigenvalue weighted by molar-refractivity contribution is 6.32. The minimum atomic E-state index is -0.526. The number of hydrogen-bond donors (Lipinski definition) is 1. The van der Waals surface area contributed by atoms with Gasteiger partial charge in [-0.15, -0.1) is 0 Å². The molecular formula is C31H37ClN2O3. The van der Waals surface area contributed by atoms with Crippen LogP contribution in [0.2, 0.25) is 5.02 Å². The van der Waals surface area contributed by atoms with Crippen molar-refractivity contribution in [3.8, 4) is 22.6 Å². The Kier molecular flexibility index (Phi) is 7.96. The van der Waals surface area contributed by atoms with Gasteiger partial charge in [0.25, 0.3) is 0 Å². The zero-order chi connectivity index (χ0) is 26.9. The molecule has 0 saturated heterocycles. The molecule has 1 heterocycles. The molecule has 4 rings (SSSR count). The number of halogens is 1. The van der Waals surface area contributed by atoms with E-state index in [1.54, 1.807) is 18.3 Å². The Morgan fingerprint density at radius 1 is 1.16 bits per heavy atom. The predicted molar refractivity (Wildman–Crippen MR) is 153 cm³/mol. The van der Waals surface area contributed by atoms with Crippen molar-refractivity contribution in [2.45, 2.75) is 46.5 Å². The van der Waals surface area contributed by atoms with E-state index in [0.29, 0.717) is 17.2 Å². The molecule has 1 saturated carbocycles. The van der Waals surface area contributed by atoms with E-state index < -0.39 is 5.41 Å². The molecule has 0 atom stereocenters. The van der Waals surface area contributed by atoms with Gasteiger partial charge in [0, 0.05) is 29.1 Å². The van der Waals surface area contributed by atoms with E-state index in [0.717, 1.165) is 59.8 Å². The lowest BCUT2D eigenvalue weighted by molar-refractivity contribution is 0.0858. The van der Waals surface area contributed by atoms with Gasteiger partial charge in [-0.2, -0.15) is 0 Å². The average molecular weight is 521 g/mol. The maximum Gasteiger partial charge on any atom is 0.176 e.